The molecule has 0 aliphatic rings. The number of carbonyl (C=O) groups is 1. The average Bonchev–Trinajstić information content (AvgIpc) is 2.50. The van der Waals surface area contributed by atoms with Crippen molar-refractivity contribution >= 4 is 23.3 Å². The van der Waals surface area contributed by atoms with Crippen LogP contribution in [0.3, 0.4) is 0 Å². The molecule has 2 rings (SSSR count). The highest BCUT2D eigenvalue weighted by Gasteiger charge is 2.31. The Labute approximate surface area is 149 Å². The molecule has 0 radical (unpaired) electrons. The molecule has 2 N–H and O–H groups in total. The van der Waals surface area contributed by atoms with Crippen LogP contribution in [-0.2, 0) is 12.6 Å². The first-order valence-corrected chi connectivity index (χ1v) is 8.02. The SMILES string of the molecule is Cc1ccc(CCNC(=O)Nc2cc(C(F)(F)F)ccc2Cl)c(C)c1. The second kappa shape index (κ2) is 7.78. The van der Waals surface area contributed by atoms with Crippen LogP contribution >= 0.6 is 11.6 Å². The molecule has 7 heteroatoms. The molecule has 3 nitrogen and oxygen atoms in total. The predicted octanol–water partition coefficient (Wildman–Crippen LogP) is 5.34. The summed E-state index contributed by atoms with van der Waals surface area (Å²) in [4.78, 5) is 11.9. The van der Waals surface area contributed by atoms with E-state index in [1.54, 1.807) is 0 Å². The van der Waals surface area contributed by atoms with Crippen LogP contribution in [0.1, 0.15) is 22.3 Å². The van der Waals surface area contributed by atoms with Gasteiger partial charge in [-0.15, -0.1) is 0 Å². The Bertz CT molecular complexity index is 775. The molecule has 0 spiro atoms. The number of carbonyl (C=O) groups excluding carboxylic acids is 1. The molecule has 0 bridgehead atoms. The van der Waals surface area contributed by atoms with Crippen molar-refractivity contribution < 1.29 is 18.0 Å². The summed E-state index contributed by atoms with van der Waals surface area (Å²) in [5.74, 6) is 0. The van der Waals surface area contributed by atoms with Crippen molar-refractivity contribution in [3.63, 3.8) is 0 Å². The molecule has 0 atom stereocenters. The van der Waals surface area contributed by atoms with Crippen LogP contribution < -0.4 is 10.6 Å². The lowest BCUT2D eigenvalue weighted by Gasteiger charge is -2.13. The molecule has 2 amide bonds. The van der Waals surface area contributed by atoms with E-state index in [1.807, 2.05) is 26.0 Å². The van der Waals surface area contributed by atoms with Crippen molar-refractivity contribution in [2.75, 3.05) is 11.9 Å². The first-order valence-electron chi connectivity index (χ1n) is 7.64. The molecule has 0 fully saturated rings. The summed E-state index contributed by atoms with van der Waals surface area (Å²) in [5.41, 5.74) is 2.43. The van der Waals surface area contributed by atoms with Gasteiger partial charge in [0.25, 0.3) is 0 Å². The molecular weight excluding hydrogens is 353 g/mol. The monoisotopic (exact) mass is 370 g/mol. The van der Waals surface area contributed by atoms with Crippen LogP contribution in [0.25, 0.3) is 0 Å². The zero-order valence-corrected chi connectivity index (χ0v) is 14.6. The minimum Gasteiger partial charge on any atom is -0.338 e. The van der Waals surface area contributed by atoms with Gasteiger partial charge < -0.3 is 10.6 Å². The fraction of sp³-hybridized carbons (Fsp3) is 0.278. The number of benzene rings is 2. The van der Waals surface area contributed by atoms with Gasteiger partial charge in [-0.2, -0.15) is 13.2 Å². The third-order valence-electron chi connectivity index (χ3n) is 3.72. The standard InChI is InChI=1S/C18H18ClF3N2O/c1-11-3-4-13(12(2)9-11)7-8-23-17(25)24-16-10-14(18(20,21)22)5-6-15(16)19/h3-6,9-10H,7-8H2,1-2H3,(H2,23,24,25). The molecular formula is C18H18ClF3N2O. The Morgan fingerprint density at radius 1 is 1.12 bits per heavy atom. The third kappa shape index (κ3) is 5.39. The molecule has 25 heavy (non-hydrogen) atoms. The fourth-order valence-corrected chi connectivity index (χ4v) is 2.57. The zero-order chi connectivity index (χ0) is 18.6. The lowest BCUT2D eigenvalue weighted by Crippen LogP contribution is -2.30. The van der Waals surface area contributed by atoms with Crippen molar-refractivity contribution in [3.05, 3.63) is 63.7 Å². The topological polar surface area (TPSA) is 41.1 Å². The van der Waals surface area contributed by atoms with E-state index in [4.69, 9.17) is 11.6 Å². The highest BCUT2D eigenvalue weighted by Crippen LogP contribution is 2.33. The number of nitrogens with one attached hydrogen (secondary N) is 2. The predicted molar refractivity (Wildman–Crippen MR) is 93.1 cm³/mol. The van der Waals surface area contributed by atoms with Crippen LogP contribution in [0.2, 0.25) is 5.02 Å². The van der Waals surface area contributed by atoms with E-state index < -0.39 is 17.8 Å². The lowest BCUT2D eigenvalue weighted by atomic mass is 10.0. The largest absolute Gasteiger partial charge is 0.416 e. The van der Waals surface area contributed by atoms with E-state index in [9.17, 15) is 18.0 Å². The highest BCUT2D eigenvalue weighted by molar-refractivity contribution is 6.33. The van der Waals surface area contributed by atoms with Gasteiger partial charge in [0.1, 0.15) is 0 Å². The smallest absolute Gasteiger partial charge is 0.338 e. The Balaban J connectivity index is 1.94. The molecule has 0 heterocycles. The maximum Gasteiger partial charge on any atom is 0.416 e. The Kier molecular flexibility index (Phi) is 5.95. The van der Waals surface area contributed by atoms with Gasteiger partial charge in [-0.3, -0.25) is 0 Å². The van der Waals surface area contributed by atoms with Gasteiger partial charge in [0.2, 0.25) is 0 Å². The number of alkyl halides is 3. The van der Waals surface area contributed by atoms with Crippen LogP contribution in [-0.4, -0.2) is 12.6 Å². The second-order valence-corrected chi connectivity index (χ2v) is 6.16. The summed E-state index contributed by atoms with van der Waals surface area (Å²) >= 11 is 5.85. The number of urea groups is 1. The maximum absolute atomic E-state index is 12.7. The van der Waals surface area contributed by atoms with Crippen LogP contribution in [0.4, 0.5) is 23.7 Å². The van der Waals surface area contributed by atoms with Gasteiger partial charge in [0, 0.05) is 6.54 Å². The van der Waals surface area contributed by atoms with Crippen LogP contribution in [0, 0.1) is 13.8 Å². The number of anilines is 1. The Hall–Kier alpha value is -2.21. The fourth-order valence-electron chi connectivity index (χ4n) is 2.40. The van der Waals surface area contributed by atoms with E-state index in [2.05, 4.69) is 16.7 Å². The Morgan fingerprint density at radius 3 is 2.48 bits per heavy atom. The number of aryl methyl sites for hydroxylation is 2. The van der Waals surface area contributed by atoms with E-state index in [1.165, 1.54) is 0 Å². The summed E-state index contributed by atoms with van der Waals surface area (Å²) in [7, 11) is 0. The molecule has 2 aromatic rings. The van der Waals surface area contributed by atoms with Gasteiger partial charge in [0.05, 0.1) is 16.3 Å². The van der Waals surface area contributed by atoms with E-state index >= 15 is 0 Å². The summed E-state index contributed by atoms with van der Waals surface area (Å²) in [6, 6.07) is 8.22. The summed E-state index contributed by atoms with van der Waals surface area (Å²) < 4.78 is 38.2. The molecule has 0 saturated heterocycles. The number of amides is 2. The number of hydrogen-bond donors (Lipinski definition) is 2. The number of rotatable bonds is 4. The van der Waals surface area contributed by atoms with Gasteiger partial charge in [-0.25, -0.2) is 4.79 Å². The molecule has 0 aliphatic carbocycles. The van der Waals surface area contributed by atoms with Crippen molar-refractivity contribution in [1.29, 1.82) is 0 Å². The third-order valence-corrected chi connectivity index (χ3v) is 4.05. The van der Waals surface area contributed by atoms with Gasteiger partial charge in [0.15, 0.2) is 0 Å². The molecule has 2 aromatic carbocycles. The van der Waals surface area contributed by atoms with Crippen molar-refractivity contribution in [3.8, 4) is 0 Å². The van der Waals surface area contributed by atoms with Crippen LogP contribution in [0.15, 0.2) is 36.4 Å². The highest BCUT2D eigenvalue weighted by atomic mass is 35.5. The van der Waals surface area contributed by atoms with Crippen molar-refractivity contribution in [2.45, 2.75) is 26.4 Å². The molecule has 0 unspecified atom stereocenters. The molecule has 0 saturated carbocycles. The second-order valence-electron chi connectivity index (χ2n) is 5.75. The van der Waals surface area contributed by atoms with E-state index in [0.29, 0.717) is 13.0 Å². The number of hydrogen-bond acceptors (Lipinski definition) is 1. The quantitative estimate of drug-likeness (QED) is 0.749. The summed E-state index contributed by atoms with van der Waals surface area (Å²) in [5, 5.41) is 5.01. The minimum absolute atomic E-state index is 0.0394. The Morgan fingerprint density at radius 2 is 1.84 bits per heavy atom. The van der Waals surface area contributed by atoms with Gasteiger partial charge in [-0.1, -0.05) is 35.4 Å². The van der Waals surface area contributed by atoms with Crippen molar-refractivity contribution in [1.82, 2.24) is 5.32 Å². The van der Waals surface area contributed by atoms with E-state index in [0.717, 1.165) is 34.9 Å². The first kappa shape index (κ1) is 19.1. The molecule has 0 aromatic heterocycles. The van der Waals surface area contributed by atoms with Gasteiger partial charge >= 0.3 is 12.2 Å². The number of halogens is 4. The lowest BCUT2D eigenvalue weighted by molar-refractivity contribution is -0.137. The zero-order valence-electron chi connectivity index (χ0n) is 13.8. The van der Waals surface area contributed by atoms with E-state index in [-0.39, 0.29) is 10.7 Å². The minimum atomic E-state index is -4.50. The van der Waals surface area contributed by atoms with Gasteiger partial charge in [-0.05, 0) is 49.6 Å². The summed E-state index contributed by atoms with van der Waals surface area (Å²) in [6.45, 7) is 4.35. The summed E-state index contributed by atoms with van der Waals surface area (Å²) in [6.07, 6.45) is -3.88. The average molecular weight is 371 g/mol. The normalized spacial score (nSPS) is 11.3. The molecule has 0 aliphatic heterocycles. The maximum atomic E-state index is 12.7. The first-order chi connectivity index (χ1) is 11.7. The molecule has 134 valence electrons. The van der Waals surface area contributed by atoms with Crippen molar-refractivity contribution in [2.24, 2.45) is 0 Å². The van der Waals surface area contributed by atoms with Crippen LogP contribution in [0.5, 0.6) is 0 Å².